The number of aryl methyl sites for hydroxylation is 1. The summed E-state index contributed by atoms with van der Waals surface area (Å²) in [5.74, 6) is -0.836. The van der Waals surface area contributed by atoms with Crippen molar-refractivity contribution in [3.63, 3.8) is 0 Å². The van der Waals surface area contributed by atoms with Gasteiger partial charge in [-0.1, -0.05) is 12.1 Å². The predicted octanol–water partition coefficient (Wildman–Crippen LogP) is 1.66. The summed E-state index contributed by atoms with van der Waals surface area (Å²) in [5.41, 5.74) is 2.47. The van der Waals surface area contributed by atoms with Crippen LogP contribution in [0.25, 0.3) is 10.6 Å². The molecule has 0 aliphatic carbocycles. The molecule has 7 nitrogen and oxygen atoms in total. The second kappa shape index (κ2) is 6.17. The molecule has 3 N–H and O–H groups in total. The average molecular weight is 330 g/mol. The predicted molar refractivity (Wildman–Crippen MR) is 86.0 cm³/mol. The van der Waals surface area contributed by atoms with Gasteiger partial charge in [-0.2, -0.15) is 0 Å². The zero-order valence-electron chi connectivity index (χ0n) is 12.3. The number of amides is 4. The van der Waals surface area contributed by atoms with Crippen molar-refractivity contribution in [2.75, 3.05) is 5.32 Å². The van der Waals surface area contributed by atoms with Crippen LogP contribution in [0.3, 0.4) is 0 Å². The van der Waals surface area contributed by atoms with Crippen molar-refractivity contribution in [3.05, 3.63) is 35.3 Å². The highest BCUT2D eigenvalue weighted by Gasteiger charge is 2.31. The third kappa shape index (κ3) is 3.54. The number of thiazole rings is 1. The standard InChI is InChI=1S/C15H14N4O3S/c1-8-7-23-14(16-8)9-3-2-4-10(5-9)17-12(20)6-11-13(21)19-15(22)18-11/h2-5,7,11H,6H2,1H3,(H,17,20)(H2,18,19,21,22). The molecular formula is C15H14N4O3S. The van der Waals surface area contributed by atoms with Gasteiger partial charge >= 0.3 is 6.03 Å². The van der Waals surface area contributed by atoms with Gasteiger partial charge in [-0.15, -0.1) is 11.3 Å². The van der Waals surface area contributed by atoms with E-state index in [1.54, 1.807) is 6.07 Å². The number of rotatable bonds is 4. The van der Waals surface area contributed by atoms with E-state index in [2.05, 4.69) is 20.9 Å². The van der Waals surface area contributed by atoms with E-state index in [1.165, 1.54) is 11.3 Å². The highest BCUT2D eigenvalue weighted by molar-refractivity contribution is 7.13. The molecule has 1 aliphatic heterocycles. The van der Waals surface area contributed by atoms with E-state index in [9.17, 15) is 14.4 Å². The summed E-state index contributed by atoms with van der Waals surface area (Å²) in [7, 11) is 0. The smallest absolute Gasteiger partial charge is 0.322 e. The van der Waals surface area contributed by atoms with Crippen molar-refractivity contribution in [1.82, 2.24) is 15.6 Å². The van der Waals surface area contributed by atoms with Crippen LogP contribution in [-0.4, -0.2) is 28.9 Å². The summed E-state index contributed by atoms with van der Waals surface area (Å²) in [6, 6.07) is 5.92. The molecule has 4 amide bonds. The number of anilines is 1. The van der Waals surface area contributed by atoms with Gasteiger partial charge < -0.3 is 10.6 Å². The van der Waals surface area contributed by atoms with E-state index in [1.807, 2.05) is 30.5 Å². The highest BCUT2D eigenvalue weighted by atomic mass is 32.1. The Morgan fingerprint density at radius 2 is 2.22 bits per heavy atom. The van der Waals surface area contributed by atoms with Crippen molar-refractivity contribution < 1.29 is 14.4 Å². The van der Waals surface area contributed by atoms with Gasteiger partial charge in [0.15, 0.2) is 0 Å². The van der Waals surface area contributed by atoms with E-state index in [0.717, 1.165) is 16.3 Å². The number of hydrogen-bond donors (Lipinski definition) is 3. The number of nitrogens with zero attached hydrogens (tertiary/aromatic N) is 1. The van der Waals surface area contributed by atoms with Crippen LogP contribution in [0, 0.1) is 6.92 Å². The lowest BCUT2D eigenvalue weighted by Gasteiger charge is -2.09. The summed E-state index contributed by atoms with van der Waals surface area (Å²) in [6.07, 6.45) is -0.113. The van der Waals surface area contributed by atoms with Gasteiger partial charge in [0.25, 0.3) is 5.91 Å². The monoisotopic (exact) mass is 330 g/mol. The van der Waals surface area contributed by atoms with Crippen LogP contribution in [0.2, 0.25) is 0 Å². The fourth-order valence-corrected chi connectivity index (χ4v) is 3.01. The molecule has 0 bridgehead atoms. The number of aromatic nitrogens is 1. The number of nitrogens with one attached hydrogen (secondary N) is 3. The molecule has 1 atom stereocenters. The van der Waals surface area contributed by atoms with Crippen LogP contribution >= 0.6 is 11.3 Å². The van der Waals surface area contributed by atoms with E-state index in [4.69, 9.17) is 0 Å². The lowest BCUT2D eigenvalue weighted by atomic mass is 10.1. The fraction of sp³-hybridized carbons (Fsp3) is 0.200. The average Bonchev–Trinajstić information content (AvgIpc) is 3.05. The Kier molecular flexibility index (Phi) is 4.07. The van der Waals surface area contributed by atoms with Crippen LogP contribution in [-0.2, 0) is 9.59 Å². The Morgan fingerprint density at radius 3 is 2.87 bits per heavy atom. The lowest BCUT2D eigenvalue weighted by molar-refractivity contribution is -0.124. The largest absolute Gasteiger partial charge is 0.326 e. The SMILES string of the molecule is Cc1csc(-c2cccc(NC(=O)CC3NC(=O)NC3=O)c2)n1. The van der Waals surface area contributed by atoms with E-state index in [0.29, 0.717) is 5.69 Å². The Balaban J connectivity index is 1.67. The molecule has 0 saturated carbocycles. The van der Waals surface area contributed by atoms with E-state index >= 15 is 0 Å². The summed E-state index contributed by atoms with van der Waals surface area (Å²) in [5, 5.41) is 10.0. The van der Waals surface area contributed by atoms with Crippen molar-refractivity contribution in [2.45, 2.75) is 19.4 Å². The molecule has 23 heavy (non-hydrogen) atoms. The zero-order chi connectivity index (χ0) is 16.4. The molecule has 1 fully saturated rings. The summed E-state index contributed by atoms with van der Waals surface area (Å²) >= 11 is 1.53. The van der Waals surface area contributed by atoms with Crippen molar-refractivity contribution in [3.8, 4) is 10.6 Å². The molecule has 1 unspecified atom stereocenters. The molecule has 3 rings (SSSR count). The third-order valence-electron chi connectivity index (χ3n) is 3.26. The maximum absolute atomic E-state index is 12.0. The topological polar surface area (TPSA) is 100 Å². The Hall–Kier alpha value is -2.74. The van der Waals surface area contributed by atoms with Gasteiger partial charge in [0.2, 0.25) is 5.91 Å². The second-order valence-corrected chi connectivity index (χ2v) is 6.00. The second-order valence-electron chi connectivity index (χ2n) is 5.14. The molecule has 0 radical (unpaired) electrons. The first kappa shape index (κ1) is 15.2. The maximum Gasteiger partial charge on any atom is 0.322 e. The quantitative estimate of drug-likeness (QED) is 0.742. The zero-order valence-corrected chi connectivity index (χ0v) is 13.1. The Labute approximate surface area is 136 Å². The van der Waals surface area contributed by atoms with Gasteiger partial charge in [0, 0.05) is 22.3 Å². The van der Waals surface area contributed by atoms with Crippen molar-refractivity contribution in [1.29, 1.82) is 0 Å². The first-order chi connectivity index (χ1) is 11.0. The van der Waals surface area contributed by atoms with Crippen LogP contribution < -0.4 is 16.0 Å². The first-order valence-electron chi connectivity index (χ1n) is 6.95. The van der Waals surface area contributed by atoms with Crippen molar-refractivity contribution in [2.24, 2.45) is 0 Å². The molecule has 2 aromatic rings. The van der Waals surface area contributed by atoms with E-state index < -0.39 is 18.0 Å². The number of benzene rings is 1. The highest BCUT2D eigenvalue weighted by Crippen LogP contribution is 2.25. The van der Waals surface area contributed by atoms with Gasteiger partial charge in [0.05, 0.1) is 6.42 Å². The molecule has 1 aliphatic rings. The Bertz CT molecular complexity index is 787. The lowest BCUT2D eigenvalue weighted by Crippen LogP contribution is -2.33. The molecule has 8 heteroatoms. The summed E-state index contributed by atoms with van der Waals surface area (Å²) in [6.45, 7) is 1.92. The maximum atomic E-state index is 12.0. The number of urea groups is 1. The van der Waals surface area contributed by atoms with E-state index in [-0.39, 0.29) is 12.3 Å². The molecular weight excluding hydrogens is 316 g/mol. The molecule has 0 spiro atoms. The van der Waals surface area contributed by atoms with Crippen LogP contribution in [0.5, 0.6) is 0 Å². The fourth-order valence-electron chi connectivity index (χ4n) is 2.22. The van der Waals surface area contributed by atoms with Crippen molar-refractivity contribution >= 4 is 34.9 Å². The minimum atomic E-state index is -0.827. The minimum absolute atomic E-state index is 0.113. The first-order valence-corrected chi connectivity index (χ1v) is 7.83. The van der Waals surface area contributed by atoms with Crippen LogP contribution in [0.1, 0.15) is 12.1 Å². The number of hydrogen-bond acceptors (Lipinski definition) is 5. The van der Waals surface area contributed by atoms with Gasteiger partial charge in [-0.05, 0) is 19.1 Å². The molecule has 118 valence electrons. The van der Waals surface area contributed by atoms with Gasteiger partial charge in [-0.3, -0.25) is 14.9 Å². The number of carbonyl (C=O) groups excluding carboxylic acids is 3. The molecule has 1 saturated heterocycles. The van der Waals surface area contributed by atoms with Crippen LogP contribution in [0.4, 0.5) is 10.5 Å². The summed E-state index contributed by atoms with van der Waals surface area (Å²) in [4.78, 5) is 38.9. The third-order valence-corrected chi connectivity index (χ3v) is 4.27. The van der Waals surface area contributed by atoms with Gasteiger partial charge in [0.1, 0.15) is 11.0 Å². The minimum Gasteiger partial charge on any atom is -0.326 e. The molecule has 1 aromatic heterocycles. The normalized spacial score (nSPS) is 16.8. The summed E-state index contributed by atoms with van der Waals surface area (Å²) < 4.78 is 0. The number of carbonyl (C=O) groups is 3. The van der Waals surface area contributed by atoms with Crippen LogP contribution in [0.15, 0.2) is 29.6 Å². The number of imide groups is 1. The molecule has 2 heterocycles. The Morgan fingerprint density at radius 1 is 1.39 bits per heavy atom. The van der Waals surface area contributed by atoms with Gasteiger partial charge in [-0.25, -0.2) is 9.78 Å². The molecule has 1 aromatic carbocycles.